The number of thiophene rings is 2. The highest BCUT2D eigenvalue weighted by Gasteiger charge is 2.17. The van der Waals surface area contributed by atoms with Gasteiger partial charge in [-0.25, -0.2) is 4.79 Å². The molecule has 0 saturated heterocycles. The van der Waals surface area contributed by atoms with Crippen molar-refractivity contribution < 1.29 is 33.7 Å². The molecule has 0 radical (unpaired) electrons. The highest BCUT2D eigenvalue weighted by Crippen LogP contribution is 2.41. The maximum Gasteiger partial charge on any atom is 0.328 e. The molecule has 2 aromatic heterocycles. The Morgan fingerprint density at radius 1 is 0.750 bits per heavy atom. The summed E-state index contributed by atoms with van der Waals surface area (Å²) in [6.45, 7) is 0. The van der Waals surface area contributed by atoms with Crippen molar-refractivity contribution >= 4 is 112 Å². The van der Waals surface area contributed by atoms with Crippen LogP contribution in [0, 0.1) is 0 Å². The molecule has 3 aromatic carbocycles. The number of hydrogen-bond donors (Lipinski definition) is 1. The van der Waals surface area contributed by atoms with E-state index in [0.29, 0.717) is 37.0 Å². The molecule has 13 heteroatoms. The third-order valence-electron chi connectivity index (χ3n) is 5.54. The summed E-state index contributed by atoms with van der Waals surface area (Å²) in [4.78, 5) is 33.1. The van der Waals surface area contributed by atoms with E-state index < -0.39 is 16.5 Å². The molecule has 0 spiro atoms. The number of aliphatic carboxylic acids is 1. The molecular weight excluding hydrogens is 690 g/mol. The molecule has 0 atom stereocenters. The Bertz CT molecular complexity index is 1810. The lowest BCUT2D eigenvalue weighted by Gasteiger charge is -1.99. The third-order valence-corrected chi connectivity index (χ3v) is 9.54. The van der Waals surface area contributed by atoms with Crippen molar-refractivity contribution in [2.45, 2.75) is 7.43 Å². The molecule has 0 unspecified atom stereocenters. The number of hydrogen-bond acceptors (Lipinski definition) is 8. The van der Waals surface area contributed by atoms with Crippen molar-refractivity contribution in [3.63, 3.8) is 0 Å². The minimum atomic E-state index is -0.956. The number of rotatable bonds is 7. The SMILES string of the molecule is C.COc1ccc2sc(C(=O)Cl)c(Cl)c2c1.COc1cccc(/C=C/C(=O)O)c1.COc1cccc2c(Cl)c(C(=O)Cl)sc12. The average Bonchev–Trinajstić information content (AvgIpc) is 3.53. The van der Waals surface area contributed by atoms with Gasteiger partial charge in [0, 0.05) is 21.5 Å². The second-order valence-electron chi connectivity index (χ2n) is 8.18. The topological polar surface area (TPSA) is 99.1 Å². The fraction of sp³-hybridized carbons (Fsp3) is 0.129. The predicted molar refractivity (Wildman–Crippen MR) is 184 cm³/mol. The van der Waals surface area contributed by atoms with Gasteiger partial charge in [0.1, 0.15) is 27.0 Å². The molecule has 0 saturated carbocycles. The van der Waals surface area contributed by atoms with Crippen LogP contribution < -0.4 is 14.2 Å². The lowest BCUT2D eigenvalue weighted by molar-refractivity contribution is -0.131. The molecule has 0 fully saturated rings. The van der Waals surface area contributed by atoms with E-state index in [4.69, 9.17) is 65.7 Å². The zero-order valence-electron chi connectivity index (χ0n) is 22.7. The Hall–Kier alpha value is -3.31. The van der Waals surface area contributed by atoms with E-state index in [0.717, 1.165) is 31.8 Å². The van der Waals surface area contributed by atoms with E-state index in [9.17, 15) is 14.4 Å². The van der Waals surface area contributed by atoms with E-state index in [-0.39, 0.29) is 7.43 Å². The molecule has 1 N–H and O–H groups in total. The second kappa shape index (κ2) is 17.2. The fourth-order valence-electron chi connectivity index (χ4n) is 3.56. The Morgan fingerprint density at radius 2 is 1.34 bits per heavy atom. The first kappa shape index (κ1) is 36.9. The number of fused-ring (bicyclic) bond motifs is 2. The van der Waals surface area contributed by atoms with E-state index >= 15 is 0 Å². The number of methoxy groups -OCH3 is 3. The molecule has 0 aliphatic heterocycles. The van der Waals surface area contributed by atoms with Crippen molar-refractivity contribution in [3.8, 4) is 17.2 Å². The predicted octanol–water partition coefficient (Wildman–Crippen LogP) is 10.3. The Morgan fingerprint density at radius 3 is 1.93 bits per heavy atom. The van der Waals surface area contributed by atoms with Gasteiger partial charge in [-0.1, -0.05) is 54.9 Å². The van der Waals surface area contributed by atoms with Crippen molar-refractivity contribution in [2.75, 3.05) is 21.3 Å². The standard InChI is InChI=1S/2C10H6Cl2O2S.C10H10O3.CH4/c1-14-5-2-3-7-6(4-5)8(11)9(15-7)10(12)13;1-14-6-4-2-3-5-7(11)9(10(12)13)15-8(5)6;1-13-9-4-2-3-8(7-9)5-6-10(11)12;/h2*2-4H,1H3;2-7H,1H3,(H,11,12);1H4/b;;6-5+;. The van der Waals surface area contributed by atoms with Crippen LogP contribution in [0.4, 0.5) is 0 Å². The van der Waals surface area contributed by atoms with Crippen molar-refractivity contribution in [1.29, 1.82) is 0 Å². The molecule has 5 aromatic rings. The normalized spacial score (nSPS) is 10.2. The minimum absolute atomic E-state index is 0. The number of benzene rings is 3. The maximum atomic E-state index is 11.1. The zero-order chi connectivity index (χ0) is 31.7. The van der Waals surface area contributed by atoms with E-state index in [1.165, 1.54) is 28.7 Å². The Kier molecular flexibility index (Phi) is 14.5. The van der Waals surface area contributed by atoms with Gasteiger partial charge in [0.2, 0.25) is 0 Å². The molecule has 44 heavy (non-hydrogen) atoms. The quantitative estimate of drug-likeness (QED) is 0.132. The molecule has 2 heterocycles. The van der Waals surface area contributed by atoms with Gasteiger partial charge >= 0.3 is 5.97 Å². The van der Waals surface area contributed by atoms with Crippen LogP contribution in [-0.2, 0) is 4.79 Å². The van der Waals surface area contributed by atoms with Gasteiger partial charge in [-0.3, -0.25) is 9.59 Å². The molecule has 0 bridgehead atoms. The van der Waals surface area contributed by atoms with Crippen LogP contribution in [0.5, 0.6) is 17.2 Å². The lowest BCUT2D eigenvalue weighted by atomic mass is 10.2. The third kappa shape index (κ3) is 9.34. The van der Waals surface area contributed by atoms with Gasteiger partial charge in [-0.05, 0) is 71.2 Å². The molecule has 5 rings (SSSR count). The van der Waals surface area contributed by atoms with Gasteiger partial charge in [0.15, 0.2) is 0 Å². The van der Waals surface area contributed by atoms with Crippen LogP contribution in [0.1, 0.15) is 32.3 Å². The van der Waals surface area contributed by atoms with E-state index in [1.807, 2.05) is 36.4 Å². The summed E-state index contributed by atoms with van der Waals surface area (Å²) in [7, 11) is 4.72. The van der Waals surface area contributed by atoms with E-state index in [2.05, 4.69) is 0 Å². The molecule has 232 valence electrons. The smallest absolute Gasteiger partial charge is 0.328 e. The second-order valence-corrected chi connectivity index (χ2v) is 11.7. The number of ether oxygens (including phenoxy) is 3. The molecule has 0 amide bonds. The summed E-state index contributed by atoms with van der Waals surface area (Å²) in [5, 5.41) is 9.70. The molecule has 0 aliphatic carbocycles. The van der Waals surface area contributed by atoms with Gasteiger partial charge in [0.05, 0.1) is 36.1 Å². The molecule has 7 nitrogen and oxygen atoms in total. The number of halogens is 4. The van der Waals surface area contributed by atoms with E-state index in [1.54, 1.807) is 45.6 Å². The first-order valence-electron chi connectivity index (χ1n) is 12.0. The fourth-order valence-corrected chi connectivity index (χ4v) is 6.83. The largest absolute Gasteiger partial charge is 0.497 e. The summed E-state index contributed by atoms with van der Waals surface area (Å²) >= 11 is 25.4. The first-order valence-corrected chi connectivity index (χ1v) is 15.1. The molecule has 0 aliphatic rings. The molecular formula is C31H26Cl4O7S2. The van der Waals surface area contributed by atoms with Crippen molar-refractivity contribution in [2.24, 2.45) is 0 Å². The van der Waals surface area contributed by atoms with Crippen LogP contribution in [0.2, 0.25) is 10.0 Å². The van der Waals surface area contributed by atoms with Crippen LogP contribution in [0.25, 0.3) is 26.2 Å². The Labute approximate surface area is 282 Å². The lowest BCUT2D eigenvalue weighted by Crippen LogP contribution is -1.86. The number of carboxylic acids is 1. The van der Waals surface area contributed by atoms with Crippen molar-refractivity contribution in [1.82, 2.24) is 0 Å². The van der Waals surface area contributed by atoms with Crippen molar-refractivity contribution in [3.05, 3.63) is 92.1 Å². The first-order chi connectivity index (χ1) is 20.5. The number of carbonyl (C=O) groups is 3. The van der Waals surface area contributed by atoms with Gasteiger partial charge in [-0.15, -0.1) is 22.7 Å². The summed E-state index contributed by atoms with van der Waals surface area (Å²) in [5.74, 6) is 1.16. The van der Waals surface area contributed by atoms with Gasteiger partial charge in [0.25, 0.3) is 10.5 Å². The number of carboxylic acid groups (broad SMARTS) is 1. The van der Waals surface area contributed by atoms with Crippen LogP contribution in [0.3, 0.4) is 0 Å². The maximum absolute atomic E-state index is 11.1. The van der Waals surface area contributed by atoms with Gasteiger partial charge in [-0.2, -0.15) is 0 Å². The zero-order valence-corrected chi connectivity index (χ0v) is 27.3. The highest BCUT2D eigenvalue weighted by atomic mass is 35.5. The van der Waals surface area contributed by atoms with Crippen LogP contribution in [-0.4, -0.2) is 42.9 Å². The summed E-state index contributed by atoms with van der Waals surface area (Å²) in [6, 6.07) is 18.1. The summed E-state index contributed by atoms with van der Waals surface area (Å²) < 4.78 is 17.0. The number of carbonyl (C=O) groups excluding carboxylic acids is 2. The average molecular weight is 716 g/mol. The minimum Gasteiger partial charge on any atom is -0.497 e. The summed E-state index contributed by atoms with van der Waals surface area (Å²) in [6.07, 6.45) is 2.61. The monoisotopic (exact) mass is 714 g/mol. The Balaban J connectivity index is 0.000000228. The van der Waals surface area contributed by atoms with Crippen LogP contribution in [0.15, 0.2) is 66.7 Å². The van der Waals surface area contributed by atoms with Gasteiger partial charge < -0.3 is 19.3 Å². The van der Waals surface area contributed by atoms with Crippen LogP contribution >= 0.6 is 69.1 Å². The highest BCUT2D eigenvalue weighted by molar-refractivity contribution is 7.23. The summed E-state index contributed by atoms with van der Waals surface area (Å²) in [5.41, 5.74) is 0.807.